The number of carbonyl (C=O) groups excluding carboxylic acids is 2. The maximum Gasteiger partial charge on any atom is 0.231 e. The molecule has 0 aromatic heterocycles. The van der Waals surface area contributed by atoms with Crippen molar-refractivity contribution in [2.45, 2.75) is 46.6 Å². The van der Waals surface area contributed by atoms with Crippen LogP contribution >= 0.6 is 0 Å². The Hall–Kier alpha value is -2.24. The molecule has 1 aromatic rings. The van der Waals surface area contributed by atoms with Crippen LogP contribution in [0.5, 0.6) is 11.5 Å². The summed E-state index contributed by atoms with van der Waals surface area (Å²) in [6.07, 6.45) is 2.47. The second kappa shape index (κ2) is 7.30. The smallest absolute Gasteiger partial charge is 0.231 e. The minimum absolute atomic E-state index is 0.221. The van der Waals surface area contributed by atoms with Crippen molar-refractivity contribution >= 4 is 11.8 Å². The lowest BCUT2D eigenvalue weighted by Gasteiger charge is -2.40. The summed E-state index contributed by atoms with van der Waals surface area (Å²) in [6, 6.07) is 5.88. The van der Waals surface area contributed by atoms with Gasteiger partial charge in [-0.2, -0.15) is 0 Å². The molecule has 2 unspecified atom stereocenters. The van der Waals surface area contributed by atoms with E-state index in [0.29, 0.717) is 24.8 Å². The van der Waals surface area contributed by atoms with Crippen molar-refractivity contribution in [2.75, 3.05) is 26.4 Å². The summed E-state index contributed by atoms with van der Waals surface area (Å²) < 4.78 is 10.8. The Labute approximate surface area is 166 Å². The molecule has 0 aliphatic carbocycles. The first-order valence-corrected chi connectivity index (χ1v) is 10.3. The van der Waals surface area contributed by atoms with E-state index in [9.17, 15) is 9.59 Å². The van der Waals surface area contributed by atoms with Gasteiger partial charge in [-0.3, -0.25) is 9.59 Å². The summed E-state index contributed by atoms with van der Waals surface area (Å²) in [5.74, 6) is 2.76. The number of hydrogen-bond acceptors (Lipinski definition) is 4. The van der Waals surface area contributed by atoms with Gasteiger partial charge in [0, 0.05) is 38.0 Å². The highest BCUT2D eigenvalue weighted by Crippen LogP contribution is 2.36. The van der Waals surface area contributed by atoms with Crippen LogP contribution in [-0.4, -0.2) is 48.0 Å². The van der Waals surface area contributed by atoms with Gasteiger partial charge >= 0.3 is 0 Å². The summed E-state index contributed by atoms with van der Waals surface area (Å²) in [5, 5.41) is 0. The second-order valence-electron chi connectivity index (χ2n) is 9.31. The Balaban J connectivity index is 1.41. The monoisotopic (exact) mass is 386 g/mol. The zero-order valence-electron chi connectivity index (χ0n) is 17.1. The van der Waals surface area contributed by atoms with Crippen LogP contribution < -0.4 is 9.47 Å². The van der Waals surface area contributed by atoms with Crippen molar-refractivity contribution < 1.29 is 19.1 Å². The van der Waals surface area contributed by atoms with E-state index in [4.69, 9.17) is 9.47 Å². The predicted octanol–water partition coefficient (Wildman–Crippen LogP) is 3.05. The van der Waals surface area contributed by atoms with Gasteiger partial charge in [-0.25, -0.2) is 0 Å². The van der Waals surface area contributed by atoms with Crippen molar-refractivity contribution in [1.82, 2.24) is 9.80 Å². The van der Waals surface area contributed by atoms with E-state index in [0.717, 1.165) is 49.5 Å². The first-order chi connectivity index (χ1) is 13.3. The van der Waals surface area contributed by atoms with Gasteiger partial charge < -0.3 is 19.3 Å². The van der Waals surface area contributed by atoms with Crippen LogP contribution in [0.4, 0.5) is 0 Å². The molecule has 2 fully saturated rings. The third-order valence-electron chi connectivity index (χ3n) is 6.19. The fourth-order valence-electron chi connectivity index (χ4n) is 4.56. The quantitative estimate of drug-likeness (QED) is 0.784. The topological polar surface area (TPSA) is 59.1 Å². The van der Waals surface area contributed by atoms with Crippen molar-refractivity contribution in [3.8, 4) is 11.5 Å². The van der Waals surface area contributed by atoms with Crippen LogP contribution in [0.15, 0.2) is 18.2 Å². The maximum atomic E-state index is 12.9. The highest BCUT2D eigenvalue weighted by atomic mass is 16.7. The molecule has 0 N–H and O–H groups in total. The molecule has 0 saturated carbocycles. The van der Waals surface area contributed by atoms with Crippen LogP contribution in [0.3, 0.4) is 0 Å². The van der Waals surface area contributed by atoms with Gasteiger partial charge in [0.05, 0.1) is 0 Å². The minimum Gasteiger partial charge on any atom is -0.454 e. The van der Waals surface area contributed by atoms with Crippen molar-refractivity contribution in [3.05, 3.63) is 23.8 Å². The predicted molar refractivity (Wildman–Crippen MR) is 105 cm³/mol. The van der Waals surface area contributed by atoms with E-state index in [1.165, 1.54) is 0 Å². The lowest BCUT2D eigenvalue weighted by molar-refractivity contribution is -0.142. The van der Waals surface area contributed by atoms with Crippen molar-refractivity contribution in [3.63, 3.8) is 0 Å². The first kappa shape index (κ1) is 19.1. The van der Waals surface area contributed by atoms with Gasteiger partial charge in [0.2, 0.25) is 18.6 Å². The van der Waals surface area contributed by atoms with Crippen molar-refractivity contribution in [2.24, 2.45) is 17.3 Å². The van der Waals surface area contributed by atoms with Crippen LogP contribution in [0.1, 0.15) is 45.6 Å². The number of piperidine rings is 1. The van der Waals surface area contributed by atoms with E-state index in [1.54, 1.807) is 0 Å². The second-order valence-corrected chi connectivity index (χ2v) is 9.31. The molecule has 6 heteroatoms. The average Bonchev–Trinajstić information content (AvgIpc) is 3.06. The van der Waals surface area contributed by atoms with E-state index >= 15 is 0 Å². The lowest BCUT2D eigenvalue weighted by atomic mass is 9.81. The molecule has 2 amide bonds. The summed E-state index contributed by atoms with van der Waals surface area (Å²) in [6.45, 7) is 9.08. The first-order valence-electron chi connectivity index (χ1n) is 10.3. The normalized spacial score (nSPS) is 24.8. The molecule has 3 aliphatic rings. The van der Waals surface area contributed by atoms with Gasteiger partial charge in [0.1, 0.15) is 0 Å². The molecule has 2 atom stereocenters. The lowest BCUT2D eigenvalue weighted by Crippen LogP contribution is -2.47. The van der Waals surface area contributed by atoms with Gasteiger partial charge in [-0.15, -0.1) is 0 Å². The third kappa shape index (κ3) is 3.82. The van der Waals surface area contributed by atoms with E-state index < -0.39 is 0 Å². The van der Waals surface area contributed by atoms with Crippen LogP contribution in [0, 0.1) is 17.3 Å². The molecule has 4 rings (SSSR count). The average molecular weight is 386 g/mol. The number of benzene rings is 1. The number of carbonyl (C=O) groups is 2. The van der Waals surface area contributed by atoms with Gasteiger partial charge in [-0.05, 0) is 42.4 Å². The number of hydrogen-bond donors (Lipinski definition) is 0. The Bertz CT molecular complexity index is 770. The molecule has 0 bridgehead atoms. The van der Waals surface area contributed by atoms with Gasteiger partial charge in [0.25, 0.3) is 0 Å². The van der Waals surface area contributed by atoms with Crippen molar-refractivity contribution in [1.29, 1.82) is 0 Å². The molecule has 0 spiro atoms. The molecule has 1 aromatic carbocycles. The van der Waals surface area contributed by atoms with E-state index in [1.807, 2.05) is 48.8 Å². The zero-order valence-corrected chi connectivity index (χ0v) is 17.1. The third-order valence-corrected chi connectivity index (χ3v) is 6.19. The number of amides is 2. The van der Waals surface area contributed by atoms with Crippen LogP contribution in [0.2, 0.25) is 0 Å². The molecule has 152 valence electrons. The Kier molecular flexibility index (Phi) is 4.98. The van der Waals surface area contributed by atoms with E-state index in [-0.39, 0.29) is 24.0 Å². The fraction of sp³-hybridized carbons (Fsp3) is 0.636. The SMILES string of the molecule is CC(C)(C)C(=O)N1CCC2CC(=O)N(Cc3ccc4c(c3)OCO4)CCC2C1. The Morgan fingerprint density at radius 3 is 2.64 bits per heavy atom. The molecule has 0 radical (unpaired) electrons. The Morgan fingerprint density at radius 2 is 1.86 bits per heavy atom. The molecule has 6 nitrogen and oxygen atoms in total. The highest BCUT2D eigenvalue weighted by molar-refractivity contribution is 5.81. The number of rotatable bonds is 2. The highest BCUT2D eigenvalue weighted by Gasteiger charge is 2.38. The number of nitrogens with zero attached hydrogens (tertiary/aromatic N) is 2. The van der Waals surface area contributed by atoms with Crippen LogP contribution in [0.25, 0.3) is 0 Å². The summed E-state index contributed by atoms with van der Waals surface area (Å²) in [7, 11) is 0. The molecule has 28 heavy (non-hydrogen) atoms. The summed E-state index contributed by atoms with van der Waals surface area (Å²) in [5.41, 5.74) is 0.714. The standard InChI is InChI=1S/C22H30N2O4/c1-22(2,3)21(26)24-9-6-16-11-20(25)23(8-7-17(16)13-24)12-15-4-5-18-19(10-15)28-14-27-18/h4-5,10,16-17H,6-9,11-14H2,1-3H3. The number of likely N-dealkylation sites (tertiary alicyclic amines) is 2. The van der Waals surface area contributed by atoms with E-state index in [2.05, 4.69) is 0 Å². The van der Waals surface area contributed by atoms with Gasteiger partial charge in [-0.1, -0.05) is 26.8 Å². The Morgan fingerprint density at radius 1 is 1.11 bits per heavy atom. The number of ether oxygens (including phenoxy) is 2. The summed E-state index contributed by atoms with van der Waals surface area (Å²) in [4.78, 5) is 29.5. The molecule has 3 heterocycles. The maximum absolute atomic E-state index is 12.9. The number of fused-ring (bicyclic) bond motifs is 2. The molecular weight excluding hydrogens is 356 g/mol. The molecular formula is C22H30N2O4. The largest absolute Gasteiger partial charge is 0.454 e. The molecule has 2 saturated heterocycles. The molecule has 3 aliphatic heterocycles. The fourth-order valence-corrected chi connectivity index (χ4v) is 4.56. The zero-order chi connectivity index (χ0) is 19.9. The summed E-state index contributed by atoms with van der Waals surface area (Å²) >= 11 is 0. The minimum atomic E-state index is -0.348. The van der Waals surface area contributed by atoms with Crippen LogP contribution in [-0.2, 0) is 16.1 Å². The van der Waals surface area contributed by atoms with Gasteiger partial charge in [0.15, 0.2) is 11.5 Å².